The first kappa shape index (κ1) is 14.9. The molecule has 2 heterocycles. The average molecular weight is 308 g/mol. The predicted octanol–water partition coefficient (Wildman–Crippen LogP) is 1.76. The number of rotatable bonds is 3. The van der Waals surface area contributed by atoms with Gasteiger partial charge >= 0.3 is 0 Å². The second-order valence-corrected chi connectivity index (χ2v) is 6.82. The van der Waals surface area contributed by atoms with Crippen LogP contribution in [-0.4, -0.2) is 37.0 Å². The van der Waals surface area contributed by atoms with Crippen molar-refractivity contribution >= 4 is 17.5 Å². The summed E-state index contributed by atoms with van der Waals surface area (Å²) in [6, 6.07) is 8.09. The molecule has 4 heteroatoms. The molecule has 1 N–H and O–H groups in total. The van der Waals surface area contributed by atoms with Gasteiger partial charge in [0.1, 0.15) is 6.54 Å². The van der Waals surface area contributed by atoms with Crippen LogP contribution in [0.3, 0.4) is 0 Å². The number of nitrogens with zero attached hydrogens (tertiary/aromatic N) is 1. The van der Waals surface area contributed by atoms with Gasteiger partial charge in [-0.25, -0.2) is 0 Å². The van der Waals surface area contributed by atoms with E-state index < -0.39 is 0 Å². The highest BCUT2D eigenvalue weighted by molar-refractivity contribution is 6.30. The van der Waals surface area contributed by atoms with Crippen LogP contribution in [-0.2, 0) is 11.3 Å². The van der Waals surface area contributed by atoms with Gasteiger partial charge in [-0.05, 0) is 37.8 Å². The molecule has 1 amide bonds. The Bertz CT molecular complexity index is 499. The number of benzene rings is 1. The van der Waals surface area contributed by atoms with Gasteiger partial charge in [-0.1, -0.05) is 23.7 Å². The van der Waals surface area contributed by atoms with Crippen molar-refractivity contribution in [2.45, 2.75) is 32.2 Å². The molecule has 2 atom stereocenters. The lowest BCUT2D eigenvalue weighted by atomic mass is 9.96. The Morgan fingerprint density at radius 3 is 2.86 bits per heavy atom. The van der Waals surface area contributed by atoms with Crippen LogP contribution in [0.5, 0.6) is 0 Å². The van der Waals surface area contributed by atoms with Crippen LogP contribution in [0.4, 0.5) is 0 Å². The van der Waals surface area contributed by atoms with E-state index in [0.717, 1.165) is 50.6 Å². The number of halogens is 1. The maximum absolute atomic E-state index is 12.5. The lowest BCUT2D eigenvalue weighted by Gasteiger charge is -2.31. The molecular weight excluding hydrogens is 284 g/mol. The summed E-state index contributed by atoms with van der Waals surface area (Å²) in [5.41, 5.74) is 1.27. The van der Waals surface area contributed by atoms with E-state index in [9.17, 15) is 4.79 Å². The molecule has 2 aliphatic rings. The molecule has 0 aromatic heterocycles. The van der Waals surface area contributed by atoms with Crippen LogP contribution >= 0.6 is 11.6 Å². The van der Waals surface area contributed by atoms with E-state index in [-0.39, 0.29) is 5.92 Å². The second-order valence-electron chi connectivity index (χ2n) is 6.38. The lowest BCUT2D eigenvalue weighted by Crippen LogP contribution is -3.12. The molecule has 2 saturated heterocycles. The van der Waals surface area contributed by atoms with Gasteiger partial charge in [0.15, 0.2) is 0 Å². The van der Waals surface area contributed by atoms with E-state index in [4.69, 9.17) is 11.6 Å². The quantitative estimate of drug-likeness (QED) is 0.904. The fraction of sp³-hybridized carbons (Fsp3) is 0.588. The van der Waals surface area contributed by atoms with Gasteiger partial charge in [0.25, 0.3) is 0 Å². The maximum atomic E-state index is 12.5. The van der Waals surface area contributed by atoms with Gasteiger partial charge in [-0.15, -0.1) is 0 Å². The molecule has 0 bridgehead atoms. The smallest absolute Gasteiger partial charge is 0.231 e. The van der Waals surface area contributed by atoms with Gasteiger partial charge in [-0.3, -0.25) is 4.79 Å². The molecule has 21 heavy (non-hydrogen) atoms. The maximum Gasteiger partial charge on any atom is 0.231 e. The fourth-order valence-corrected chi connectivity index (χ4v) is 3.87. The number of carbonyl (C=O) groups excluding carboxylic acids is 1. The largest absolute Gasteiger partial charge is 0.342 e. The van der Waals surface area contributed by atoms with Gasteiger partial charge in [0.05, 0.1) is 19.0 Å². The number of quaternary nitrogens is 1. The number of nitrogens with one attached hydrogen (secondary N) is 1. The van der Waals surface area contributed by atoms with Crippen molar-refractivity contribution in [1.29, 1.82) is 0 Å². The number of piperidine rings is 1. The van der Waals surface area contributed by atoms with Crippen molar-refractivity contribution in [2.24, 2.45) is 5.92 Å². The zero-order chi connectivity index (χ0) is 14.7. The monoisotopic (exact) mass is 307 g/mol. The summed E-state index contributed by atoms with van der Waals surface area (Å²) in [6.07, 6.45) is 4.57. The van der Waals surface area contributed by atoms with Crippen LogP contribution in [0, 0.1) is 5.92 Å². The third-order valence-corrected chi connectivity index (χ3v) is 4.96. The molecule has 1 aromatic carbocycles. The highest BCUT2D eigenvalue weighted by Gasteiger charge is 2.32. The van der Waals surface area contributed by atoms with E-state index in [1.807, 2.05) is 18.2 Å². The van der Waals surface area contributed by atoms with Crippen LogP contribution in [0.2, 0.25) is 5.02 Å². The van der Waals surface area contributed by atoms with Gasteiger partial charge < -0.3 is 9.80 Å². The van der Waals surface area contributed by atoms with E-state index in [0.29, 0.717) is 5.91 Å². The SMILES string of the molecule is O=C([C@H]1CCC[NH+](Cc2cccc(Cl)c2)C1)N1CCCC1. The Morgan fingerprint density at radius 1 is 1.29 bits per heavy atom. The van der Waals surface area contributed by atoms with E-state index >= 15 is 0 Å². The third kappa shape index (κ3) is 3.78. The summed E-state index contributed by atoms with van der Waals surface area (Å²) >= 11 is 6.06. The van der Waals surface area contributed by atoms with Crippen molar-refractivity contribution in [1.82, 2.24) is 4.90 Å². The normalized spacial score (nSPS) is 26.0. The molecule has 2 aliphatic heterocycles. The van der Waals surface area contributed by atoms with Gasteiger partial charge in [0, 0.05) is 23.7 Å². The van der Waals surface area contributed by atoms with Crippen molar-refractivity contribution < 1.29 is 9.69 Å². The Labute approximate surface area is 131 Å². The zero-order valence-electron chi connectivity index (χ0n) is 12.5. The first-order valence-electron chi connectivity index (χ1n) is 8.09. The first-order chi connectivity index (χ1) is 10.2. The topological polar surface area (TPSA) is 24.8 Å². The van der Waals surface area contributed by atoms with Crippen LogP contribution in [0.15, 0.2) is 24.3 Å². The number of amides is 1. The Hall–Kier alpha value is -1.06. The minimum Gasteiger partial charge on any atom is -0.342 e. The minimum absolute atomic E-state index is 0.228. The van der Waals surface area contributed by atoms with Gasteiger partial charge in [-0.2, -0.15) is 0 Å². The summed E-state index contributed by atoms with van der Waals surface area (Å²) in [4.78, 5) is 16.1. The molecule has 114 valence electrons. The van der Waals surface area contributed by atoms with E-state index in [1.54, 1.807) is 0 Å². The van der Waals surface area contributed by atoms with E-state index in [2.05, 4.69) is 11.0 Å². The molecule has 0 saturated carbocycles. The summed E-state index contributed by atoms with van der Waals surface area (Å²) in [5, 5.41) is 0.800. The summed E-state index contributed by atoms with van der Waals surface area (Å²) in [7, 11) is 0. The summed E-state index contributed by atoms with van der Waals surface area (Å²) in [5.74, 6) is 0.627. The van der Waals surface area contributed by atoms with Gasteiger partial charge in [0.2, 0.25) is 5.91 Å². The van der Waals surface area contributed by atoms with E-state index in [1.165, 1.54) is 23.3 Å². The third-order valence-electron chi connectivity index (χ3n) is 4.73. The number of likely N-dealkylation sites (tertiary alicyclic amines) is 2. The molecule has 1 unspecified atom stereocenters. The lowest BCUT2D eigenvalue weighted by molar-refractivity contribution is -0.921. The van der Waals surface area contributed by atoms with Crippen molar-refractivity contribution in [2.75, 3.05) is 26.2 Å². The standard InChI is InChI=1S/C17H23ClN2O/c18-16-7-3-5-14(11-16)12-19-8-4-6-15(13-19)17(21)20-9-1-2-10-20/h3,5,7,11,15H,1-2,4,6,8-10,12-13H2/p+1/t15-/m0/s1. The molecule has 3 nitrogen and oxygen atoms in total. The summed E-state index contributed by atoms with van der Waals surface area (Å²) < 4.78 is 0. The van der Waals surface area contributed by atoms with Crippen molar-refractivity contribution in [3.63, 3.8) is 0 Å². The summed E-state index contributed by atoms with van der Waals surface area (Å²) in [6.45, 7) is 5.06. The highest BCUT2D eigenvalue weighted by atomic mass is 35.5. The molecule has 0 aliphatic carbocycles. The van der Waals surface area contributed by atoms with Crippen LogP contribution in [0.1, 0.15) is 31.2 Å². The predicted molar refractivity (Wildman–Crippen MR) is 84.4 cm³/mol. The second kappa shape index (κ2) is 6.80. The Morgan fingerprint density at radius 2 is 2.10 bits per heavy atom. The Balaban J connectivity index is 1.59. The fourth-order valence-electron chi connectivity index (χ4n) is 3.65. The minimum atomic E-state index is 0.228. The molecule has 0 spiro atoms. The number of hydrogen-bond donors (Lipinski definition) is 1. The molecule has 0 radical (unpaired) electrons. The molecule has 1 aromatic rings. The van der Waals surface area contributed by atoms with Crippen LogP contribution in [0.25, 0.3) is 0 Å². The average Bonchev–Trinajstić information content (AvgIpc) is 3.01. The zero-order valence-corrected chi connectivity index (χ0v) is 13.2. The Kier molecular flexibility index (Phi) is 4.81. The van der Waals surface area contributed by atoms with Crippen LogP contribution < -0.4 is 4.90 Å². The van der Waals surface area contributed by atoms with Crippen molar-refractivity contribution in [3.05, 3.63) is 34.9 Å². The number of carbonyl (C=O) groups is 1. The highest BCUT2D eigenvalue weighted by Crippen LogP contribution is 2.17. The molecular formula is C17H24ClN2O+. The molecule has 3 rings (SSSR count). The molecule has 2 fully saturated rings. The number of hydrogen-bond acceptors (Lipinski definition) is 1. The van der Waals surface area contributed by atoms with Crippen molar-refractivity contribution in [3.8, 4) is 0 Å². The first-order valence-corrected chi connectivity index (χ1v) is 8.47.